The summed E-state index contributed by atoms with van der Waals surface area (Å²) in [5.41, 5.74) is 12.4. The minimum atomic E-state index is -0.137. The lowest BCUT2D eigenvalue weighted by Gasteiger charge is -2.17. The fourth-order valence-electron chi connectivity index (χ4n) is 1.51. The molecule has 1 aromatic carbocycles. The molecule has 0 bridgehead atoms. The lowest BCUT2D eigenvalue weighted by atomic mass is 10.0. The van der Waals surface area contributed by atoms with Gasteiger partial charge in [-0.05, 0) is 41.0 Å². The van der Waals surface area contributed by atoms with Crippen LogP contribution in [0.3, 0.4) is 0 Å². The van der Waals surface area contributed by atoms with Crippen LogP contribution in [0.2, 0.25) is 0 Å². The smallest absolute Gasteiger partial charge is 0.133 e. The normalized spacial score (nSPS) is 11.6. The van der Waals surface area contributed by atoms with E-state index < -0.39 is 0 Å². The molecule has 0 radical (unpaired) electrons. The number of hydrogen-bond acceptors (Lipinski definition) is 4. The number of halogens is 2. The Hall–Kier alpha value is -0.490. The van der Waals surface area contributed by atoms with E-state index in [1.54, 1.807) is 14.2 Å². The van der Waals surface area contributed by atoms with E-state index in [0.717, 1.165) is 21.5 Å². The first-order valence-electron chi connectivity index (χ1n) is 5.01. The first-order chi connectivity index (χ1) is 7.63. The molecule has 0 aliphatic carbocycles. The molecule has 0 heterocycles. The molecule has 6 heteroatoms. The molecule has 0 aliphatic rings. The van der Waals surface area contributed by atoms with Crippen molar-refractivity contribution < 1.29 is 9.47 Å². The highest BCUT2D eigenvalue weighted by Gasteiger charge is 2.15. The quantitative estimate of drug-likeness (QED) is 0.871. The van der Waals surface area contributed by atoms with Crippen molar-refractivity contribution in [1.29, 1.82) is 0 Å². The number of ether oxygens (including phenoxy) is 2. The maximum absolute atomic E-state index is 6.02. The van der Waals surface area contributed by atoms with Crippen molar-refractivity contribution in [2.45, 2.75) is 12.5 Å². The van der Waals surface area contributed by atoms with Crippen molar-refractivity contribution in [3.8, 4) is 11.5 Å². The molecule has 0 aliphatic heterocycles. The predicted octanol–water partition coefficient (Wildman–Crippen LogP) is 2.24. The Morgan fingerprint density at radius 1 is 1.24 bits per heavy atom. The summed E-state index contributed by atoms with van der Waals surface area (Å²) in [6.45, 7) is 0.544. The Morgan fingerprint density at radius 3 is 2.29 bits per heavy atom. The number of rotatable bonds is 5. The molecule has 4 nitrogen and oxygen atoms in total. The van der Waals surface area contributed by atoms with E-state index in [-0.39, 0.29) is 18.4 Å². The van der Waals surface area contributed by atoms with Gasteiger partial charge in [-0.3, -0.25) is 0 Å². The average molecular weight is 326 g/mol. The van der Waals surface area contributed by atoms with E-state index in [2.05, 4.69) is 15.9 Å². The standard InChI is InChI=1S/C11H17BrN2O2.ClH/c1-15-10-6-8(12)11(16-2)5-7(10)9(14)3-4-13;/h5-6,9H,3-4,13-14H2,1-2H3;1H/t9-;/m1./s1. The molecule has 0 unspecified atom stereocenters. The maximum Gasteiger partial charge on any atom is 0.133 e. The monoisotopic (exact) mass is 324 g/mol. The van der Waals surface area contributed by atoms with Gasteiger partial charge in [-0.15, -0.1) is 12.4 Å². The second kappa shape index (κ2) is 7.76. The van der Waals surface area contributed by atoms with Crippen LogP contribution in [0.15, 0.2) is 16.6 Å². The summed E-state index contributed by atoms with van der Waals surface area (Å²) < 4.78 is 11.4. The molecule has 0 amide bonds. The highest BCUT2D eigenvalue weighted by Crippen LogP contribution is 2.35. The fraction of sp³-hybridized carbons (Fsp3) is 0.455. The second-order valence-corrected chi connectivity index (χ2v) is 4.27. The van der Waals surface area contributed by atoms with Gasteiger partial charge in [0.2, 0.25) is 0 Å². The van der Waals surface area contributed by atoms with Gasteiger partial charge in [0, 0.05) is 11.6 Å². The second-order valence-electron chi connectivity index (χ2n) is 3.41. The van der Waals surface area contributed by atoms with Gasteiger partial charge in [0.15, 0.2) is 0 Å². The largest absolute Gasteiger partial charge is 0.496 e. The minimum absolute atomic E-state index is 0. The van der Waals surface area contributed by atoms with Crippen LogP contribution in [0.4, 0.5) is 0 Å². The first kappa shape index (κ1) is 16.5. The summed E-state index contributed by atoms with van der Waals surface area (Å²) in [7, 11) is 3.23. The van der Waals surface area contributed by atoms with Gasteiger partial charge in [0.25, 0.3) is 0 Å². The molecule has 0 saturated carbocycles. The Labute approximate surface area is 116 Å². The third-order valence-corrected chi connectivity index (χ3v) is 3.00. The van der Waals surface area contributed by atoms with Gasteiger partial charge in [0.1, 0.15) is 11.5 Å². The van der Waals surface area contributed by atoms with Gasteiger partial charge >= 0.3 is 0 Å². The van der Waals surface area contributed by atoms with Gasteiger partial charge in [0.05, 0.1) is 18.7 Å². The van der Waals surface area contributed by atoms with E-state index in [4.69, 9.17) is 20.9 Å². The van der Waals surface area contributed by atoms with Crippen molar-refractivity contribution in [3.63, 3.8) is 0 Å². The summed E-state index contributed by atoms with van der Waals surface area (Å²) in [6.07, 6.45) is 0.709. The zero-order valence-electron chi connectivity index (χ0n) is 9.90. The van der Waals surface area contributed by atoms with Gasteiger partial charge in [-0.2, -0.15) is 0 Å². The molecule has 0 spiro atoms. The highest BCUT2D eigenvalue weighted by molar-refractivity contribution is 9.10. The van der Waals surface area contributed by atoms with Crippen LogP contribution in [0.5, 0.6) is 11.5 Å². The molecule has 0 fully saturated rings. The zero-order chi connectivity index (χ0) is 12.1. The van der Waals surface area contributed by atoms with Crippen LogP contribution in [0, 0.1) is 0 Å². The Morgan fingerprint density at radius 2 is 1.82 bits per heavy atom. The predicted molar refractivity (Wildman–Crippen MR) is 75.1 cm³/mol. The summed E-state index contributed by atoms with van der Waals surface area (Å²) in [5.74, 6) is 1.48. The molecule has 1 atom stereocenters. The maximum atomic E-state index is 6.02. The summed E-state index contributed by atoms with van der Waals surface area (Å²) in [5, 5.41) is 0. The lowest BCUT2D eigenvalue weighted by molar-refractivity contribution is 0.392. The summed E-state index contributed by atoms with van der Waals surface area (Å²) in [6, 6.07) is 3.59. The van der Waals surface area contributed by atoms with E-state index in [1.807, 2.05) is 12.1 Å². The number of nitrogens with two attached hydrogens (primary N) is 2. The number of benzene rings is 1. The van der Waals surface area contributed by atoms with Crippen LogP contribution < -0.4 is 20.9 Å². The first-order valence-corrected chi connectivity index (χ1v) is 5.80. The molecular weight excluding hydrogens is 307 g/mol. The average Bonchev–Trinajstić information content (AvgIpc) is 2.28. The third kappa shape index (κ3) is 4.03. The van der Waals surface area contributed by atoms with Crippen molar-refractivity contribution in [1.82, 2.24) is 0 Å². The van der Waals surface area contributed by atoms with Crippen molar-refractivity contribution >= 4 is 28.3 Å². The van der Waals surface area contributed by atoms with Crippen LogP contribution in [0.25, 0.3) is 0 Å². The Kier molecular flexibility index (Phi) is 7.54. The molecule has 17 heavy (non-hydrogen) atoms. The molecule has 1 rings (SSSR count). The van der Waals surface area contributed by atoms with Crippen molar-refractivity contribution in [2.75, 3.05) is 20.8 Å². The van der Waals surface area contributed by atoms with Crippen molar-refractivity contribution in [2.24, 2.45) is 11.5 Å². The molecule has 1 aromatic rings. The topological polar surface area (TPSA) is 70.5 Å². The van der Waals surface area contributed by atoms with Gasteiger partial charge < -0.3 is 20.9 Å². The zero-order valence-corrected chi connectivity index (χ0v) is 12.3. The minimum Gasteiger partial charge on any atom is -0.496 e. The third-order valence-electron chi connectivity index (χ3n) is 2.38. The Balaban J connectivity index is 0.00000256. The Bertz CT molecular complexity index is 364. The molecule has 4 N–H and O–H groups in total. The lowest BCUT2D eigenvalue weighted by Crippen LogP contribution is -2.16. The SMILES string of the molecule is COc1cc([C@H](N)CCN)c(OC)cc1Br.Cl. The van der Waals surface area contributed by atoms with Crippen LogP contribution >= 0.6 is 28.3 Å². The van der Waals surface area contributed by atoms with Crippen LogP contribution in [-0.4, -0.2) is 20.8 Å². The fourth-order valence-corrected chi connectivity index (χ4v) is 1.99. The molecule has 0 saturated heterocycles. The molecular formula is C11H18BrClN2O2. The van der Waals surface area contributed by atoms with Gasteiger partial charge in [-0.1, -0.05) is 0 Å². The molecule has 0 aromatic heterocycles. The van der Waals surface area contributed by atoms with E-state index >= 15 is 0 Å². The number of hydrogen-bond donors (Lipinski definition) is 2. The van der Waals surface area contributed by atoms with Crippen LogP contribution in [-0.2, 0) is 0 Å². The van der Waals surface area contributed by atoms with Crippen LogP contribution in [0.1, 0.15) is 18.0 Å². The van der Waals surface area contributed by atoms with E-state index in [0.29, 0.717) is 13.0 Å². The van der Waals surface area contributed by atoms with E-state index in [1.165, 1.54) is 0 Å². The molecule has 98 valence electrons. The summed E-state index contributed by atoms with van der Waals surface area (Å²) in [4.78, 5) is 0. The van der Waals surface area contributed by atoms with E-state index in [9.17, 15) is 0 Å². The number of methoxy groups -OCH3 is 2. The van der Waals surface area contributed by atoms with Gasteiger partial charge in [-0.25, -0.2) is 0 Å². The van der Waals surface area contributed by atoms with Crippen molar-refractivity contribution in [3.05, 3.63) is 22.2 Å². The summed E-state index contributed by atoms with van der Waals surface area (Å²) >= 11 is 3.40. The highest BCUT2D eigenvalue weighted by atomic mass is 79.9.